The van der Waals surface area contributed by atoms with Gasteiger partial charge in [-0.1, -0.05) is 6.07 Å². The molecule has 0 spiro atoms. The Balaban J connectivity index is 1.65. The topological polar surface area (TPSA) is 141 Å². The van der Waals surface area contributed by atoms with Crippen LogP contribution < -0.4 is 25.4 Å². The van der Waals surface area contributed by atoms with Crippen LogP contribution in [0, 0.1) is 10.1 Å². The molecule has 3 rings (SSSR count). The first-order valence-electron chi connectivity index (χ1n) is 12.5. The third kappa shape index (κ3) is 7.99. The first kappa shape index (κ1) is 28.5. The zero-order valence-electron chi connectivity index (χ0n) is 22.5. The van der Waals surface area contributed by atoms with Crippen molar-refractivity contribution in [3.8, 4) is 11.5 Å². The number of methoxy groups -OCH3 is 2. The van der Waals surface area contributed by atoms with Crippen LogP contribution in [0.5, 0.6) is 11.5 Å². The first-order valence-corrected chi connectivity index (χ1v) is 12.5. The highest BCUT2D eigenvalue weighted by Crippen LogP contribution is 2.29. The fraction of sp³-hybridized carbons (Fsp3) is 0.481. The van der Waals surface area contributed by atoms with Crippen molar-refractivity contribution in [3.05, 3.63) is 57.6 Å². The Kier molecular flexibility index (Phi) is 9.38. The number of carbonyl (C=O) groups excluding carboxylic acids is 2. The molecule has 1 aliphatic carbocycles. The molecule has 0 unspecified atom stereocenters. The van der Waals surface area contributed by atoms with Gasteiger partial charge in [0.2, 0.25) is 0 Å². The normalized spacial score (nSPS) is 17.2. The van der Waals surface area contributed by atoms with Crippen LogP contribution >= 0.6 is 0 Å². The highest BCUT2D eigenvalue weighted by molar-refractivity contribution is 6.00. The molecule has 206 valence electrons. The van der Waals surface area contributed by atoms with Crippen molar-refractivity contribution in [2.24, 2.45) is 0 Å². The number of nitrogens with one attached hydrogen (secondary N) is 3. The van der Waals surface area contributed by atoms with Crippen LogP contribution in [0.15, 0.2) is 36.4 Å². The number of hydrogen-bond donors (Lipinski definition) is 3. The van der Waals surface area contributed by atoms with Crippen LogP contribution in [-0.2, 0) is 11.3 Å². The fourth-order valence-corrected chi connectivity index (χ4v) is 4.30. The summed E-state index contributed by atoms with van der Waals surface area (Å²) in [6.45, 7) is 5.65. The summed E-state index contributed by atoms with van der Waals surface area (Å²) in [5.41, 5.74) is 0.760. The van der Waals surface area contributed by atoms with E-state index in [1.165, 1.54) is 19.2 Å². The van der Waals surface area contributed by atoms with Gasteiger partial charge in [0.1, 0.15) is 5.60 Å². The molecule has 0 atom stereocenters. The predicted octanol–water partition coefficient (Wildman–Crippen LogP) is 4.79. The first-order chi connectivity index (χ1) is 18.0. The number of non-ortho nitro benzene ring substituents is 1. The molecule has 2 aromatic rings. The van der Waals surface area contributed by atoms with Crippen LogP contribution in [0.25, 0.3) is 0 Å². The number of rotatable bonds is 9. The number of nitrogens with zero attached hydrogens (tertiary/aromatic N) is 1. The van der Waals surface area contributed by atoms with Crippen molar-refractivity contribution >= 4 is 23.4 Å². The van der Waals surface area contributed by atoms with Gasteiger partial charge in [0.25, 0.3) is 11.6 Å². The maximum atomic E-state index is 13.1. The van der Waals surface area contributed by atoms with Gasteiger partial charge < -0.3 is 30.2 Å². The van der Waals surface area contributed by atoms with E-state index >= 15 is 0 Å². The lowest BCUT2D eigenvalue weighted by atomic mass is 9.91. The highest BCUT2D eigenvalue weighted by atomic mass is 16.6. The van der Waals surface area contributed by atoms with E-state index in [1.807, 2.05) is 20.8 Å². The van der Waals surface area contributed by atoms with Crippen molar-refractivity contribution < 1.29 is 28.7 Å². The van der Waals surface area contributed by atoms with Crippen LogP contribution in [-0.4, -0.2) is 48.8 Å². The lowest BCUT2D eigenvalue weighted by Gasteiger charge is -2.31. The van der Waals surface area contributed by atoms with Gasteiger partial charge in [0, 0.05) is 36.4 Å². The molecule has 1 aliphatic rings. The zero-order chi connectivity index (χ0) is 27.9. The second kappa shape index (κ2) is 12.5. The molecule has 1 saturated carbocycles. The molecular formula is C27H36N4O7. The number of benzene rings is 2. The van der Waals surface area contributed by atoms with Gasteiger partial charge >= 0.3 is 6.09 Å². The van der Waals surface area contributed by atoms with E-state index in [0.29, 0.717) is 17.2 Å². The van der Waals surface area contributed by atoms with Crippen LogP contribution in [0.3, 0.4) is 0 Å². The van der Waals surface area contributed by atoms with E-state index in [1.54, 1.807) is 31.4 Å². The Morgan fingerprint density at radius 1 is 0.974 bits per heavy atom. The molecule has 0 heterocycles. The third-order valence-corrected chi connectivity index (χ3v) is 6.17. The Labute approximate surface area is 222 Å². The average Bonchev–Trinajstić information content (AvgIpc) is 2.87. The smallest absolute Gasteiger partial charge is 0.407 e. The summed E-state index contributed by atoms with van der Waals surface area (Å²) in [5.74, 6) is 0.670. The summed E-state index contributed by atoms with van der Waals surface area (Å²) in [7, 11) is 3.07. The Morgan fingerprint density at radius 2 is 1.63 bits per heavy atom. The number of nitro groups is 1. The monoisotopic (exact) mass is 528 g/mol. The van der Waals surface area contributed by atoms with Crippen molar-refractivity contribution in [1.29, 1.82) is 0 Å². The lowest BCUT2D eigenvalue weighted by molar-refractivity contribution is -0.384. The summed E-state index contributed by atoms with van der Waals surface area (Å²) < 4.78 is 15.9. The molecule has 0 aliphatic heterocycles. The van der Waals surface area contributed by atoms with Crippen molar-refractivity contribution in [1.82, 2.24) is 10.6 Å². The molecule has 2 amide bonds. The van der Waals surface area contributed by atoms with Gasteiger partial charge in [-0.3, -0.25) is 14.9 Å². The third-order valence-electron chi connectivity index (χ3n) is 6.17. The van der Waals surface area contributed by atoms with E-state index in [2.05, 4.69) is 16.0 Å². The van der Waals surface area contributed by atoms with Crippen molar-refractivity contribution in [2.75, 3.05) is 19.5 Å². The van der Waals surface area contributed by atoms with Gasteiger partial charge in [0.15, 0.2) is 11.5 Å². The van der Waals surface area contributed by atoms with Crippen LogP contribution in [0.2, 0.25) is 0 Å². The SMILES string of the molecule is COc1ccc(CNC(=O)c2cc([N+](=O)[O-])ccc2N[C@H]2CC[C@@H](NC(=O)OC(C)(C)C)CC2)cc1OC. The van der Waals surface area contributed by atoms with Gasteiger partial charge in [-0.2, -0.15) is 0 Å². The Bertz CT molecular complexity index is 1150. The predicted molar refractivity (Wildman–Crippen MR) is 143 cm³/mol. The number of ether oxygens (including phenoxy) is 3. The highest BCUT2D eigenvalue weighted by Gasteiger charge is 2.26. The summed E-state index contributed by atoms with van der Waals surface area (Å²) in [5, 5.41) is 20.5. The summed E-state index contributed by atoms with van der Waals surface area (Å²) >= 11 is 0. The minimum Gasteiger partial charge on any atom is -0.493 e. The number of anilines is 1. The average molecular weight is 529 g/mol. The van der Waals surface area contributed by atoms with Crippen LogP contribution in [0.4, 0.5) is 16.2 Å². The van der Waals surface area contributed by atoms with Crippen LogP contribution in [0.1, 0.15) is 62.4 Å². The zero-order valence-corrected chi connectivity index (χ0v) is 22.5. The summed E-state index contributed by atoms with van der Waals surface area (Å²) in [4.78, 5) is 36.1. The second-order valence-corrected chi connectivity index (χ2v) is 10.2. The van der Waals surface area contributed by atoms with E-state index in [-0.39, 0.29) is 29.9 Å². The van der Waals surface area contributed by atoms with E-state index in [4.69, 9.17) is 14.2 Å². The number of nitro benzene ring substituents is 1. The minimum atomic E-state index is -0.560. The van der Waals surface area contributed by atoms with E-state index in [9.17, 15) is 19.7 Å². The molecule has 0 bridgehead atoms. The Hall–Kier alpha value is -4.02. The molecule has 3 N–H and O–H groups in total. The Morgan fingerprint density at radius 3 is 2.24 bits per heavy atom. The molecule has 38 heavy (non-hydrogen) atoms. The second-order valence-electron chi connectivity index (χ2n) is 10.2. The van der Waals surface area contributed by atoms with Gasteiger partial charge in [-0.05, 0) is 70.2 Å². The fourth-order valence-electron chi connectivity index (χ4n) is 4.30. The number of hydrogen-bond acceptors (Lipinski definition) is 8. The van der Waals surface area contributed by atoms with Gasteiger partial charge in [0.05, 0.1) is 24.7 Å². The maximum absolute atomic E-state index is 13.1. The minimum absolute atomic E-state index is 0.00372. The van der Waals surface area contributed by atoms with Gasteiger partial charge in [-0.15, -0.1) is 0 Å². The molecule has 0 saturated heterocycles. The molecule has 11 nitrogen and oxygen atoms in total. The molecule has 11 heteroatoms. The largest absolute Gasteiger partial charge is 0.493 e. The standard InChI is InChI=1S/C27H36N4O7/c1-27(2,3)38-26(33)30-19-9-7-18(8-10-19)29-22-12-11-20(31(34)35)15-21(22)25(32)28-16-17-6-13-23(36-4)24(14-17)37-5/h6,11-15,18-19,29H,7-10,16H2,1-5H3,(H,28,32)(H,30,33)/t18-,19+. The molecule has 2 aromatic carbocycles. The van der Waals surface area contributed by atoms with Gasteiger partial charge in [-0.25, -0.2) is 4.79 Å². The summed E-state index contributed by atoms with van der Waals surface area (Å²) in [6.07, 6.45) is 2.56. The van der Waals surface area contributed by atoms with Crippen molar-refractivity contribution in [3.63, 3.8) is 0 Å². The number of carbonyl (C=O) groups is 2. The molecule has 1 fully saturated rings. The maximum Gasteiger partial charge on any atom is 0.407 e. The van der Waals surface area contributed by atoms with Crippen molar-refractivity contribution in [2.45, 2.75) is 70.7 Å². The summed E-state index contributed by atoms with van der Waals surface area (Å²) in [6, 6.07) is 9.58. The van der Waals surface area contributed by atoms with E-state index < -0.39 is 22.5 Å². The molecule has 0 radical (unpaired) electrons. The lowest BCUT2D eigenvalue weighted by Crippen LogP contribution is -2.42. The number of amides is 2. The number of alkyl carbamates (subject to hydrolysis) is 1. The van der Waals surface area contributed by atoms with E-state index in [0.717, 1.165) is 31.2 Å². The quantitative estimate of drug-likeness (QED) is 0.312. The molecular weight excluding hydrogens is 492 g/mol. The molecule has 0 aromatic heterocycles.